The number of hydrogen-bond acceptors (Lipinski definition) is 2. The van der Waals surface area contributed by atoms with Crippen LogP contribution in [0.5, 0.6) is 5.75 Å². The zero-order valence-corrected chi connectivity index (χ0v) is 10.5. The normalized spacial score (nSPS) is 16.9. The van der Waals surface area contributed by atoms with E-state index in [0.717, 1.165) is 16.9 Å². The molecule has 0 radical (unpaired) electrons. The molecule has 92 valence electrons. The van der Waals surface area contributed by atoms with E-state index in [1.165, 1.54) is 0 Å². The smallest absolute Gasteiger partial charge is 0.348 e. The third-order valence-corrected chi connectivity index (χ3v) is 3.19. The number of carboxylic acid groups (broad SMARTS) is 1. The van der Waals surface area contributed by atoms with Gasteiger partial charge in [-0.2, -0.15) is 0 Å². The van der Waals surface area contributed by atoms with Crippen molar-refractivity contribution in [1.29, 1.82) is 0 Å². The quantitative estimate of drug-likeness (QED) is 0.870. The number of rotatable bonds is 4. The monoisotopic (exact) mass is 234 g/mol. The average molecular weight is 234 g/mol. The van der Waals surface area contributed by atoms with Crippen molar-refractivity contribution in [2.75, 3.05) is 0 Å². The fourth-order valence-electron chi connectivity index (χ4n) is 1.89. The molecular weight excluding hydrogens is 216 g/mol. The molecule has 2 rings (SSSR count). The van der Waals surface area contributed by atoms with E-state index in [-0.39, 0.29) is 0 Å². The first-order chi connectivity index (χ1) is 7.94. The molecule has 0 unspecified atom stereocenters. The van der Waals surface area contributed by atoms with Crippen LogP contribution in [-0.2, 0) is 4.79 Å². The lowest BCUT2D eigenvalue weighted by molar-refractivity contribution is -0.147. The number of ether oxygens (including phenoxy) is 1. The van der Waals surface area contributed by atoms with Crippen LogP contribution in [0.2, 0.25) is 0 Å². The van der Waals surface area contributed by atoms with Crippen LogP contribution in [-0.4, -0.2) is 16.7 Å². The standard InChI is InChI=1S/C14H18O3/c1-9(2)11-5-4-10(3)8-12(11)17-14(6-7-14)13(15)16/h4-5,8-9H,6-7H2,1-3H3,(H,15,16). The fourth-order valence-corrected chi connectivity index (χ4v) is 1.89. The maximum atomic E-state index is 11.1. The number of carbonyl (C=O) groups is 1. The Kier molecular flexibility index (Phi) is 2.86. The van der Waals surface area contributed by atoms with Crippen LogP contribution in [0.4, 0.5) is 0 Å². The maximum Gasteiger partial charge on any atom is 0.348 e. The highest BCUT2D eigenvalue weighted by atomic mass is 16.5. The van der Waals surface area contributed by atoms with Gasteiger partial charge in [-0.15, -0.1) is 0 Å². The Hall–Kier alpha value is -1.51. The lowest BCUT2D eigenvalue weighted by Gasteiger charge is -2.19. The van der Waals surface area contributed by atoms with Gasteiger partial charge in [0.05, 0.1) is 0 Å². The molecule has 0 aliphatic heterocycles. The molecule has 1 aromatic rings. The van der Waals surface area contributed by atoms with E-state index in [9.17, 15) is 4.79 Å². The molecule has 0 spiro atoms. The van der Waals surface area contributed by atoms with Crippen LogP contribution in [0.25, 0.3) is 0 Å². The van der Waals surface area contributed by atoms with Gasteiger partial charge in [-0.25, -0.2) is 4.79 Å². The number of carboxylic acids is 1. The summed E-state index contributed by atoms with van der Waals surface area (Å²) in [5, 5.41) is 9.14. The van der Waals surface area contributed by atoms with E-state index in [0.29, 0.717) is 18.8 Å². The second-order valence-corrected chi connectivity index (χ2v) is 5.10. The average Bonchev–Trinajstić information content (AvgIpc) is 2.98. The van der Waals surface area contributed by atoms with E-state index in [1.54, 1.807) is 0 Å². The van der Waals surface area contributed by atoms with Crippen molar-refractivity contribution in [3.05, 3.63) is 29.3 Å². The highest BCUT2D eigenvalue weighted by Crippen LogP contribution is 2.42. The van der Waals surface area contributed by atoms with Gasteiger partial charge in [0.25, 0.3) is 0 Å². The second-order valence-electron chi connectivity index (χ2n) is 5.10. The number of aryl methyl sites for hydroxylation is 1. The Morgan fingerprint density at radius 1 is 1.41 bits per heavy atom. The van der Waals surface area contributed by atoms with Crippen molar-refractivity contribution in [2.24, 2.45) is 0 Å². The molecule has 17 heavy (non-hydrogen) atoms. The molecule has 0 heterocycles. The summed E-state index contributed by atoms with van der Waals surface area (Å²) in [4.78, 5) is 11.1. The molecule has 1 saturated carbocycles. The van der Waals surface area contributed by atoms with Crippen LogP contribution >= 0.6 is 0 Å². The van der Waals surface area contributed by atoms with Crippen molar-refractivity contribution in [3.8, 4) is 5.75 Å². The van der Waals surface area contributed by atoms with Crippen LogP contribution in [0.15, 0.2) is 18.2 Å². The minimum atomic E-state index is -0.961. The van der Waals surface area contributed by atoms with Gasteiger partial charge in [0.2, 0.25) is 5.60 Å². The molecule has 3 heteroatoms. The lowest BCUT2D eigenvalue weighted by atomic mass is 10.0. The minimum Gasteiger partial charge on any atom is -0.478 e. The number of hydrogen-bond donors (Lipinski definition) is 1. The molecule has 1 aromatic carbocycles. The van der Waals surface area contributed by atoms with E-state index in [1.807, 2.05) is 25.1 Å². The Bertz CT molecular complexity index is 445. The van der Waals surface area contributed by atoms with Crippen LogP contribution < -0.4 is 4.74 Å². The number of aliphatic carboxylic acids is 1. The van der Waals surface area contributed by atoms with E-state index >= 15 is 0 Å². The zero-order chi connectivity index (χ0) is 12.6. The lowest BCUT2D eigenvalue weighted by Crippen LogP contribution is -2.29. The van der Waals surface area contributed by atoms with Crippen LogP contribution in [0.1, 0.15) is 43.7 Å². The van der Waals surface area contributed by atoms with Crippen molar-refractivity contribution in [2.45, 2.75) is 45.1 Å². The molecule has 0 bridgehead atoms. The zero-order valence-electron chi connectivity index (χ0n) is 10.5. The third-order valence-electron chi connectivity index (χ3n) is 3.19. The van der Waals surface area contributed by atoms with E-state index in [4.69, 9.17) is 9.84 Å². The summed E-state index contributed by atoms with van der Waals surface area (Å²) in [6, 6.07) is 5.98. The molecular formula is C14H18O3. The van der Waals surface area contributed by atoms with Gasteiger partial charge < -0.3 is 9.84 Å². The minimum absolute atomic E-state index is 0.329. The Labute approximate surface area is 101 Å². The first-order valence-corrected chi connectivity index (χ1v) is 5.97. The van der Waals surface area contributed by atoms with Gasteiger partial charge in [0, 0.05) is 12.8 Å². The van der Waals surface area contributed by atoms with Crippen LogP contribution in [0.3, 0.4) is 0 Å². The molecule has 0 atom stereocenters. The summed E-state index contributed by atoms with van der Waals surface area (Å²) in [5.41, 5.74) is 1.20. The fraction of sp³-hybridized carbons (Fsp3) is 0.500. The van der Waals surface area contributed by atoms with Crippen LogP contribution in [0, 0.1) is 6.92 Å². The molecule has 1 fully saturated rings. The van der Waals surface area contributed by atoms with Gasteiger partial charge in [0.1, 0.15) is 5.75 Å². The third kappa shape index (κ3) is 2.28. The summed E-state index contributed by atoms with van der Waals surface area (Å²) in [6.07, 6.45) is 1.21. The first kappa shape index (κ1) is 12.0. The summed E-state index contributed by atoms with van der Waals surface area (Å²) >= 11 is 0. The molecule has 0 saturated heterocycles. The molecule has 1 aliphatic carbocycles. The van der Waals surface area contributed by atoms with Gasteiger partial charge in [-0.1, -0.05) is 26.0 Å². The van der Waals surface area contributed by atoms with Crippen molar-refractivity contribution >= 4 is 5.97 Å². The van der Waals surface area contributed by atoms with Gasteiger partial charge >= 0.3 is 5.97 Å². The Morgan fingerprint density at radius 3 is 2.53 bits per heavy atom. The maximum absolute atomic E-state index is 11.1. The van der Waals surface area contributed by atoms with Gasteiger partial charge in [-0.05, 0) is 30.0 Å². The molecule has 0 aromatic heterocycles. The summed E-state index contributed by atoms with van der Waals surface area (Å²) in [7, 11) is 0. The summed E-state index contributed by atoms with van der Waals surface area (Å²) < 4.78 is 5.75. The molecule has 3 nitrogen and oxygen atoms in total. The molecule has 0 amide bonds. The first-order valence-electron chi connectivity index (χ1n) is 5.97. The van der Waals surface area contributed by atoms with Crippen molar-refractivity contribution in [1.82, 2.24) is 0 Å². The largest absolute Gasteiger partial charge is 0.478 e. The molecule has 1 N–H and O–H groups in total. The van der Waals surface area contributed by atoms with E-state index in [2.05, 4.69) is 13.8 Å². The van der Waals surface area contributed by atoms with Gasteiger partial charge in [0.15, 0.2) is 0 Å². The Balaban J connectivity index is 2.31. The van der Waals surface area contributed by atoms with Gasteiger partial charge in [-0.3, -0.25) is 0 Å². The summed E-state index contributed by atoms with van der Waals surface area (Å²) in [6.45, 7) is 6.15. The Morgan fingerprint density at radius 2 is 2.06 bits per heavy atom. The predicted octanol–water partition coefficient (Wildman–Crippen LogP) is 3.11. The van der Waals surface area contributed by atoms with Crippen molar-refractivity contribution in [3.63, 3.8) is 0 Å². The topological polar surface area (TPSA) is 46.5 Å². The predicted molar refractivity (Wildman–Crippen MR) is 65.5 cm³/mol. The number of benzene rings is 1. The highest BCUT2D eigenvalue weighted by Gasteiger charge is 2.53. The second kappa shape index (κ2) is 4.06. The molecule has 1 aliphatic rings. The highest BCUT2D eigenvalue weighted by molar-refractivity contribution is 5.81. The van der Waals surface area contributed by atoms with E-state index < -0.39 is 11.6 Å². The van der Waals surface area contributed by atoms with Crippen molar-refractivity contribution < 1.29 is 14.6 Å². The summed E-state index contributed by atoms with van der Waals surface area (Å²) in [5.74, 6) is 0.198. The SMILES string of the molecule is Cc1ccc(C(C)C)c(OC2(C(=O)O)CC2)c1.